The Balaban J connectivity index is 2.00. The van der Waals surface area contributed by atoms with Gasteiger partial charge in [-0.1, -0.05) is 0 Å². The van der Waals surface area contributed by atoms with Crippen molar-refractivity contribution in [2.75, 3.05) is 19.7 Å². The number of furan rings is 1. The molecule has 0 spiro atoms. The molecule has 4 nitrogen and oxygen atoms in total. The van der Waals surface area contributed by atoms with Crippen LogP contribution < -0.4 is 0 Å². The molecule has 1 fully saturated rings. The van der Waals surface area contributed by atoms with Crippen molar-refractivity contribution in [2.45, 2.75) is 6.42 Å². The van der Waals surface area contributed by atoms with Gasteiger partial charge in [0.1, 0.15) is 0 Å². The Morgan fingerprint density at radius 1 is 1.71 bits per heavy atom. The van der Waals surface area contributed by atoms with E-state index in [9.17, 15) is 4.79 Å². The van der Waals surface area contributed by atoms with Crippen LogP contribution in [-0.2, 0) is 0 Å². The van der Waals surface area contributed by atoms with Gasteiger partial charge in [-0.3, -0.25) is 4.79 Å². The summed E-state index contributed by atoms with van der Waals surface area (Å²) in [7, 11) is 0. The van der Waals surface area contributed by atoms with Crippen molar-refractivity contribution in [1.82, 2.24) is 4.90 Å². The van der Waals surface area contributed by atoms with E-state index < -0.39 is 0 Å². The number of carbonyl (C=O) groups excluding carboxylic acids is 1. The van der Waals surface area contributed by atoms with Crippen molar-refractivity contribution in [2.24, 2.45) is 5.92 Å². The first kappa shape index (κ1) is 9.27. The average molecular weight is 195 g/mol. The maximum atomic E-state index is 11.7. The highest BCUT2D eigenvalue weighted by Crippen LogP contribution is 2.18. The van der Waals surface area contributed by atoms with Gasteiger partial charge in [-0.05, 0) is 18.6 Å². The second kappa shape index (κ2) is 3.84. The minimum absolute atomic E-state index is 0.0778. The summed E-state index contributed by atoms with van der Waals surface area (Å²) < 4.78 is 5.02. The van der Waals surface area contributed by atoms with Gasteiger partial charge in [-0.2, -0.15) is 0 Å². The van der Waals surface area contributed by atoms with E-state index in [2.05, 4.69) is 0 Å². The summed E-state index contributed by atoms with van der Waals surface area (Å²) in [5, 5.41) is 8.93. The lowest BCUT2D eigenvalue weighted by Crippen LogP contribution is -2.28. The highest BCUT2D eigenvalue weighted by molar-refractivity contribution is 5.91. The number of rotatable bonds is 2. The zero-order valence-corrected chi connectivity index (χ0v) is 7.85. The van der Waals surface area contributed by atoms with Crippen LogP contribution in [0.1, 0.15) is 17.0 Å². The molecule has 76 valence electrons. The zero-order valence-electron chi connectivity index (χ0n) is 7.85. The molecule has 0 radical (unpaired) electrons. The summed E-state index contributed by atoms with van der Waals surface area (Å²) in [6.07, 6.45) is 2.37. The Hall–Kier alpha value is -1.29. The lowest BCUT2D eigenvalue weighted by atomic mass is 10.1. The molecule has 0 saturated carbocycles. The Morgan fingerprint density at radius 2 is 2.57 bits per heavy atom. The molecule has 1 aliphatic rings. The number of nitrogens with zero attached hydrogens (tertiary/aromatic N) is 1. The van der Waals surface area contributed by atoms with Gasteiger partial charge in [0.2, 0.25) is 0 Å². The molecule has 0 unspecified atom stereocenters. The van der Waals surface area contributed by atoms with E-state index in [1.165, 1.54) is 6.26 Å². The smallest absolute Gasteiger partial charge is 0.289 e. The molecular weight excluding hydrogens is 182 g/mol. The number of hydrogen-bond acceptors (Lipinski definition) is 3. The van der Waals surface area contributed by atoms with Crippen molar-refractivity contribution in [3.05, 3.63) is 24.2 Å². The van der Waals surface area contributed by atoms with Crippen LogP contribution in [-0.4, -0.2) is 35.6 Å². The van der Waals surface area contributed by atoms with E-state index in [0.717, 1.165) is 6.42 Å². The molecule has 1 saturated heterocycles. The third kappa shape index (κ3) is 1.65. The summed E-state index contributed by atoms with van der Waals surface area (Å²) in [5.74, 6) is 0.531. The summed E-state index contributed by atoms with van der Waals surface area (Å²) in [4.78, 5) is 13.4. The fourth-order valence-corrected chi connectivity index (χ4v) is 1.72. The third-order valence-electron chi connectivity index (χ3n) is 2.56. The Bertz CT molecular complexity index is 307. The SMILES string of the molecule is O=C(c1ccco1)N1CC[C@H](CO)C1. The minimum Gasteiger partial charge on any atom is -0.459 e. The molecular formula is C10H13NO3. The Labute approximate surface area is 82.1 Å². The van der Waals surface area contributed by atoms with Gasteiger partial charge < -0.3 is 14.4 Å². The Kier molecular flexibility index (Phi) is 2.54. The number of aliphatic hydroxyl groups excluding tert-OH is 1. The summed E-state index contributed by atoms with van der Waals surface area (Å²) in [6, 6.07) is 3.36. The molecule has 0 aromatic carbocycles. The highest BCUT2D eigenvalue weighted by Gasteiger charge is 2.27. The lowest BCUT2D eigenvalue weighted by molar-refractivity contribution is 0.0750. The van der Waals surface area contributed by atoms with Gasteiger partial charge in [0.25, 0.3) is 5.91 Å². The second-order valence-electron chi connectivity index (χ2n) is 3.57. The number of hydrogen-bond donors (Lipinski definition) is 1. The second-order valence-corrected chi connectivity index (χ2v) is 3.57. The van der Waals surface area contributed by atoms with Crippen LogP contribution >= 0.6 is 0 Å². The molecule has 1 aliphatic heterocycles. The first-order valence-electron chi connectivity index (χ1n) is 4.75. The van der Waals surface area contributed by atoms with Crippen LogP contribution in [0.3, 0.4) is 0 Å². The van der Waals surface area contributed by atoms with Gasteiger partial charge >= 0.3 is 0 Å². The molecule has 1 aromatic rings. The van der Waals surface area contributed by atoms with Crippen molar-refractivity contribution in [3.63, 3.8) is 0 Å². The fourth-order valence-electron chi connectivity index (χ4n) is 1.72. The van der Waals surface area contributed by atoms with Crippen LogP contribution in [0, 0.1) is 5.92 Å². The van der Waals surface area contributed by atoms with Gasteiger partial charge in [-0.25, -0.2) is 0 Å². The number of likely N-dealkylation sites (tertiary alicyclic amines) is 1. The normalized spacial score (nSPS) is 21.5. The van der Waals surface area contributed by atoms with Crippen LogP contribution in [0.5, 0.6) is 0 Å². The van der Waals surface area contributed by atoms with E-state index >= 15 is 0 Å². The van der Waals surface area contributed by atoms with E-state index in [0.29, 0.717) is 18.8 Å². The molecule has 1 amide bonds. The first-order chi connectivity index (χ1) is 6.81. The largest absolute Gasteiger partial charge is 0.459 e. The van der Waals surface area contributed by atoms with Crippen molar-refractivity contribution < 1.29 is 14.3 Å². The number of aliphatic hydroxyl groups is 1. The van der Waals surface area contributed by atoms with Gasteiger partial charge in [0.05, 0.1) is 6.26 Å². The fraction of sp³-hybridized carbons (Fsp3) is 0.500. The average Bonchev–Trinajstić information content (AvgIpc) is 2.88. The summed E-state index contributed by atoms with van der Waals surface area (Å²) in [5.41, 5.74) is 0. The summed E-state index contributed by atoms with van der Waals surface area (Å²) in [6.45, 7) is 1.50. The van der Waals surface area contributed by atoms with Crippen LogP contribution in [0.15, 0.2) is 22.8 Å². The van der Waals surface area contributed by atoms with Gasteiger partial charge in [0, 0.05) is 25.6 Å². The highest BCUT2D eigenvalue weighted by atomic mass is 16.3. The molecule has 1 aromatic heterocycles. The van der Waals surface area contributed by atoms with Crippen LogP contribution in [0.25, 0.3) is 0 Å². The van der Waals surface area contributed by atoms with Crippen molar-refractivity contribution in [3.8, 4) is 0 Å². The molecule has 0 aliphatic carbocycles. The van der Waals surface area contributed by atoms with Crippen molar-refractivity contribution in [1.29, 1.82) is 0 Å². The topological polar surface area (TPSA) is 53.7 Å². The molecule has 14 heavy (non-hydrogen) atoms. The van der Waals surface area contributed by atoms with Crippen molar-refractivity contribution >= 4 is 5.91 Å². The number of carbonyl (C=O) groups is 1. The standard InChI is InChI=1S/C10H13NO3/c12-7-8-3-4-11(6-8)10(13)9-2-1-5-14-9/h1-2,5,8,12H,3-4,6-7H2/t8-/m0/s1. The van der Waals surface area contributed by atoms with Gasteiger partial charge in [0.15, 0.2) is 5.76 Å². The van der Waals surface area contributed by atoms with E-state index in [4.69, 9.17) is 9.52 Å². The predicted molar refractivity (Wildman–Crippen MR) is 49.8 cm³/mol. The third-order valence-corrected chi connectivity index (χ3v) is 2.56. The maximum Gasteiger partial charge on any atom is 0.289 e. The van der Waals surface area contributed by atoms with E-state index in [-0.39, 0.29) is 18.4 Å². The lowest BCUT2D eigenvalue weighted by Gasteiger charge is -2.13. The predicted octanol–water partition coefficient (Wildman–Crippen LogP) is 0.734. The van der Waals surface area contributed by atoms with E-state index in [1.807, 2.05) is 0 Å². The monoisotopic (exact) mass is 195 g/mol. The molecule has 1 atom stereocenters. The molecule has 4 heteroatoms. The summed E-state index contributed by atoms with van der Waals surface area (Å²) >= 11 is 0. The maximum absolute atomic E-state index is 11.7. The van der Waals surface area contributed by atoms with E-state index in [1.54, 1.807) is 17.0 Å². The molecule has 2 heterocycles. The molecule has 1 N–H and O–H groups in total. The molecule has 0 bridgehead atoms. The number of amides is 1. The quantitative estimate of drug-likeness (QED) is 0.757. The van der Waals surface area contributed by atoms with Crippen LogP contribution in [0.4, 0.5) is 0 Å². The van der Waals surface area contributed by atoms with Crippen LogP contribution in [0.2, 0.25) is 0 Å². The first-order valence-corrected chi connectivity index (χ1v) is 4.75. The zero-order chi connectivity index (χ0) is 9.97. The molecule has 2 rings (SSSR count). The Morgan fingerprint density at radius 3 is 3.14 bits per heavy atom. The minimum atomic E-state index is -0.0778. The van der Waals surface area contributed by atoms with Gasteiger partial charge in [-0.15, -0.1) is 0 Å².